The second-order valence-corrected chi connectivity index (χ2v) is 3.18. The van der Waals surface area contributed by atoms with Gasteiger partial charge >= 0.3 is 5.97 Å². The topological polar surface area (TPSA) is 44.8 Å². The van der Waals surface area contributed by atoms with Gasteiger partial charge in [-0.05, 0) is 19.1 Å². The summed E-state index contributed by atoms with van der Waals surface area (Å²) in [4.78, 5) is 11.4. The van der Waals surface area contributed by atoms with Gasteiger partial charge in [0.15, 0.2) is 6.29 Å². The molecule has 1 unspecified atom stereocenters. The fourth-order valence-corrected chi connectivity index (χ4v) is 1.07. The number of carbonyl (C=O) groups excluding carboxylic acids is 1. The van der Waals surface area contributed by atoms with Gasteiger partial charge in [0.25, 0.3) is 0 Å². The molecule has 4 nitrogen and oxygen atoms in total. The highest BCUT2D eigenvalue weighted by Gasteiger charge is 2.05. The maximum Gasteiger partial charge on any atom is 0.338 e. The van der Waals surface area contributed by atoms with Crippen molar-refractivity contribution >= 4 is 5.97 Å². The standard InChI is InChI=1S/C12H16O4/c1-10(14-2)15-8-9-16-12(13)11-6-4-3-5-7-11/h3-7,10H,8-9H2,1-2H3. The van der Waals surface area contributed by atoms with E-state index in [4.69, 9.17) is 14.2 Å². The van der Waals surface area contributed by atoms with Crippen LogP contribution in [-0.2, 0) is 14.2 Å². The molecule has 0 spiro atoms. The minimum atomic E-state index is -0.339. The largest absolute Gasteiger partial charge is 0.460 e. The third-order valence-electron chi connectivity index (χ3n) is 2.01. The molecule has 1 aromatic carbocycles. The maximum atomic E-state index is 11.4. The van der Waals surface area contributed by atoms with Crippen LogP contribution in [0.1, 0.15) is 17.3 Å². The van der Waals surface area contributed by atoms with Crippen molar-refractivity contribution in [3.05, 3.63) is 35.9 Å². The molecule has 0 aromatic heterocycles. The molecule has 1 aromatic rings. The smallest absolute Gasteiger partial charge is 0.338 e. The van der Waals surface area contributed by atoms with Gasteiger partial charge in [-0.1, -0.05) is 18.2 Å². The second-order valence-electron chi connectivity index (χ2n) is 3.18. The van der Waals surface area contributed by atoms with Crippen LogP contribution in [0.2, 0.25) is 0 Å². The number of methoxy groups -OCH3 is 1. The summed E-state index contributed by atoms with van der Waals surface area (Å²) in [6.45, 7) is 2.33. The van der Waals surface area contributed by atoms with E-state index in [-0.39, 0.29) is 18.9 Å². The summed E-state index contributed by atoms with van der Waals surface area (Å²) in [6.07, 6.45) is -0.282. The summed E-state index contributed by atoms with van der Waals surface area (Å²) < 4.78 is 15.1. The number of rotatable bonds is 6. The molecule has 88 valence electrons. The van der Waals surface area contributed by atoms with Gasteiger partial charge in [0.2, 0.25) is 0 Å². The zero-order valence-electron chi connectivity index (χ0n) is 9.51. The van der Waals surface area contributed by atoms with Crippen molar-refractivity contribution in [1.29, 1.82) is 0 Å². The average Bonchev–Trinajstić information content (AvgIpc) is 2.35. The predicted octanol–water partition coefficient (Wildman–Crippen LogP) is 1.85. The Morgan fingerprint density at radius 2 is 1.94 bits per heavy atom. The first-order chi connectivity index (χ1) is 7.74. The molecule has 0 radical (unpaired) electrons. The molecule has 1 rings (SSSR count). The van der Waals surface area contributed by atoms with E-state index >= 15 is 0 Å². The van der Waals surface area contributed by atoms with Crippen LogP contribution < -0.4 is 0 Å². The number of benzene rings is 1. The van der Waals surface area contributed by atoms with Crippen molar-refractivity contribution < 1.29 is 19.0 Å². The molecule has 0 saturated carbocycles. The minimum absolute atomic E-state index is 0.224. The molecular weight excluding hydrogens is 208 g/mol. The van der Waals surface area contributed by atoms with Crippen LogP contribution in [-0.4, -0.2) is 32.6 Å². The molecule has 1 atom stereocenters. The van der Waals surface area contributed by atoms with Crippen molar-refractivity contribution in [3.63, 3.8) is 0 Å². The first-order valence-corrected chi connectivity index (χ1v) is 5.10. The van der Waals surface area contributed by atoms with E-state index in [1.54, 1.807) is 38.3 Å². The third kappa shape index (κ3) is 4.42. The van der Waals surface area contributed by atoms with E-state index in [2.05, 4.69) is 0 Å². The first kappa shape index (κ1) is 12.7. The molecule has 0 aliphatic heterocycles. The lowest BCUT2D eigenvalue weighted by Gasteiger charge is -2.10. The van der Waals surface area contributed by atoms with Crippen molar-refractivity contribution in [1.82, 2.24) is 0 Å². The van der Waals surface area contributed by atoms with Crippen LogP contribution >= 0.6 is 0 Å². The van der Waals surface area contributed by atoms with Gasteiger partial charge < -0.3 is 14.2 Å². The average molecular weight is 224 g/mol. The van der Waals surface area contributed by atoms with Crippen molar-refractivity contribution in [2.45, 2.75) is 13.2 Å². The lowest BCUT2D eigenvalue weighted by Crippen LogP contribution is -2.16. The lowest BCUT2D eigenvalue weighted by atomic mass is 10.2. The van der Waals surface area contributed by atoms with Gasteiger partial charge in [-0.25, -0.2) is 4.79 Å². The predicted molar refractivity (Wildman–Crippen MR) is 59.1 cm³/mol. The summed E-state index contributed by atoms with van der Waals surface area (Å²) in [5.74, 6) is -0.339. The highest BCUT2D eigenvalue weighted by molar-refractivity contribution is 5.89. The van der Waals surface area contributed by atoms with Crippen molar-refractivity contribution in [3.8, 4) is 0 Å². The molecule has 0 aliphatic carbocycles. The van der Waals surface area contributed by atoms with Gasteiger partial charge in [0.1, 0.15) is 6.61 Å². The van der Waals surface area contributed by atoms with Gasteiger partial charge in [-0.3, -0.25) is 0 Å². The zero-order valence-corrected chi connectivity index (χ0v) is 9.51. The fourth-order valence-electron chi connectivity index (χ4n) is 1.07. The maximum absolute atomic E-state index is 11.4. The molecule has 0 saturated heterocycles. The highest BCUT2D eigenvalue weighted by atomic mass is 16.7. The Balaban J connectivity index is 2.21. The van der Waals surface area contributed by atoms with Gasteiger partial charge in [0.05, 0.1) is 12.2 Å². The van der Waals surface area contributed by atoms with Crippen molar-refractivity contribution in [2.75, 3.05) is 20.3 Å². The molecule has 0 bridgehead atoms. The van der Waals surface area contributed by atoms with E-state index in [9.17, 15) is 4.79 Å². The van der Waals surface area contributed by atoms with Crippen LogP contribution in [0.15, 0.2) is 30.3 Å². The van der Waals surface area contributed by atoms with Crippen LogP contribution in [0, 0.1) is 0 Å². The highest BCUT2D eigenvalue weighted by Crippen LogP contribution is 2.01. The summed E-state index contributed by atoms with van der Waals surface area (Å²) in [7, 11) is 1.56. The molecular formula is C12H16O4. The van der Waals surface area contributed by atoms with Crippen molar-refractivity contribution in [2.24, 2.45) is 0 Å². The number of hydrogen-bond acceptors (Lipinski definition) is 4. The number of ether oxygens (including phenoxy) is 3. The Kier molecular flexibility index (Phi) is 5.53. The monoisotopic (exact) mass is 224 g/mol. The Bertz CT molecular complexity index is 310. The molecule has 0 aliphatic rings. The SMILES string of the molecule is COC(C)OCCOC(=O)c1ccccc1. The Morgan fingerprint density at radius 1 is 1.25 bits per heavy atom. The van der Waals surface area contributed by atoms with E-state index in [0.717, 1.165) is 0 Å². The van der Waals surface area contributed by atoms with Crippen LogP contribution in [0.4, 0.5) is 0 Å². The quantitative estimate of drug-likeness (QED) is 0.420. The third-order valence-corrected chi connectivity index (χ3v) is 2.01. The lowest BCUT2D eigenvalue weighted by molar-refractivity contribution is -0.118. The molecule has 0 fully saturated rings. The number of esters is 1. The van der Waals surface area contributed by atoms with Gasteiger partial charge in [-0.15, -0.1) is 0 Å². The van der Waals surface area contributed by atoms with Gasteiger partial charge in [0, 0.05) is 7.11 Å². The fraction of sp³-hybridized carbons (Fsp3) is 0.417. The van der Waals surface area contributed by atoms with Gasteiger partial charge in [-0.2, -0.15) is 0 Å². The number of hydrogen-bond donors (Lipinski definition) is 0. The molecule has 16 heavy (non-hydrogen) atoms. The summed E-state index contributed by atoms with van der Waals surface area (Å²) in [6, 6.07) is 8.85. The Hall–Kier alpha value is -1.39. The number of carbonyl (C=O) groups is 1. The minimum Gasteiger partial charge on any atom is -0.460 e. The first-order valence-electron chi connectivity index (χ1n) is 5.10. The summed E-state index contributed by atoms with van der Waals surface area (Å²) in [5.41, 5.74) is 0.544. The molecule has 4 heteroatoms. The van der Waals surface area contributed by atoms with E-state index in [1.807, 2.05) is 6.07 Å². The normalized spacial score (nSPS) is 12.1. The van der Waals surface area contributed by atoms with Crippen LogP contribution in [0.5, 0.6) is 0 Å². The second kappa shape index (κ2) is 6.98. The summed E-state index contributed by atoms with van der Waals surface area (Å²) in [5, 5.41) is 0. The van der Waals surface area contributed by atoms with E-state index < -0.39 is 0 Å². The Morgan fingerprint density at radius 3 is 2.56 bits per heavy atom. The van der Waals surface area contributed by atoms with Crippen LogP contribution in [0.25, 0.3) is 0 Å². The van der Waals surface area contributed by atoms with E-state index in [1.165, 1.54) is 0 Å². The zero-order chi connectivity index (χ0) is 11.8. The van der Waals surface area contributed by atoms with Crippen LogP contribution in [0.3, 0.4) is 0 Å². The molecule has 0 heterocycles. The molecule has 0 amide bonds. The summed E-state index contributed by atoms with van der Waals surface area (Å²) >= 11 is 0. The Labute approximate surface area is 95.1 Å². The molecule has 0 N–H and O–H groups in total. The van der Waals surface area contributed by atoms with E-state index in [0.29, 0.717) is 12.2 Å².